The van der Waals surface area contributed by atoms with Gasteiger partial charge in [0.1, 0.15) is 5.76 Å². The van der Waals surface area contributed by atoms with E-state index in [1.54, 1.807) is 10.6 Å². The lowest BCUT2D eigenvalue weighted by Crippen LogP contribution is -2.46. The zero-order valence-electron chi connectivity index (χ0n) is 12.9. The van der Waals surface area contributed by atoms with Gasteiger partial charge >= 0.3 is 0 Å². The van der Waals surface area contributed by atoms with Crippen molar-refractivity contribution in [3.63, 3.8) is 0 Å². The average Bonchev–Trinajstić information content (AvgIpc) is 2.93. The molecule has 2 rings (SSSR count). The van der Waals surface area contributed by atoms with Gasteiger partial charge in [-0.2, -0.15) is 12.7 Å². The van der Waals surface area contributed by atoms with Crippen LogP contribution in [-0.2, 0) is 10.2 Å². The molecule has 1 fully saturated rings. The van der Waals surface area contributed by atoms with Crippen molar-refractivity contribution in [2.45, 2.75) is 25.8 Å². The van der Waals surface area contributed by atoms with Crippen LogP contribution in [0.25, 0.3) is 0 Å². The number of nitrogens with one attached hydrogen (secondary N) is 1. The van der Waals surface area contributed by atoms with Gasteiger partial charge in [-0.15, -0.1) is 0 Å². The Morgan fingerprint density at radius 2 is 2.10 bits per heavy atom. The number of rotatable bonds is 6. The molecule has 0 bridgehead atoms. The molecular formula is C14H25N3O3S. The molecule has 0 spiro atoms. The smallest absolute Gasteiger partial charge is 0.279 e. The highest BCUT2D eigenvalue weighted by Crippen LogP contribution is 2.20. The summed E-state index contributed by atoms with van der Waals surface area (Å²) in [5.41, 5.74) is 0. The minimum Gasteiger partial charge on any atom is -0.468 e. The summed E-state index contributed by atoms with van der Waals surface area (Å²) in [5.74, 6) is 1.36. The first-order valence-corrected chi connectivity index (χ1v) is 8.78. The number of hydrogen-bond acceptors (Lipinski definition) is 4. The molecule has 1 aliphatic rings. The van der Waals surface area contributed by atoms with Crippen molar-refractivity contribution in [3.8, 4) is 0 Å². The SMILES string of the molecule is CC1CCN(S(=O)(=O)NC[C@H](c2ccco2)N(C)C)CC1. The van der Waals surface area contributed by atoms with Crippen LogP contribution >= 0.6 is 0 Å². The largest absolute Gasteiger partial charge is 0.468 e. The summed E-state index contributed by atoms with van der Waals surface area (Å²) in [6.45, 7) is 3.67. The molecule has 1 saturated heterocycles. The number of piperidine rings is 1. The fourth-order valence-electron chi connectivity index (χ4n) is 2.52. The second-order valence-corrected chi connectivity index (χ2v) is 7.69. The Morgan fingerprint density at radius 1 is 1.43 bits per heavy atom. The summed E-state index contributed by atoms with van der Waals surface area (Å²) in [6.07, 6.45) is 3.46. The normalized spacial score (nSPS) is 20.0. The molecule has 0 radical (unpaired) electrons. The maximum absolute atomic E-state index is 12.4. The molecule has 0 saturated carbocycles. The molecule has 1 atom stereocenters. The third-order valence-corrected chi connectivity index (χ3v) is 5.61. The molecule has 1 N–H and O–H groups in total. The zero-order valence-corrected chi connectivity index (χ0v) is 13.8. The monoisotopic (exact) mass is 315 g/mol. The Kier molecular flexibility index (Phi) is 5.43. The lowest BCUT2D eigenvalue weighted by atomic mass is 10.0. The third-order valence-electron chi connectivity index (χ3n) is 4.04. The van der Waals surface area contributed by atoms with Gasteiger partial charge in [0.2, 0.25) is 0 Å². The molecule has 1 aromatic heterocycles. The van der Waals surface area contributed by atoms with Crippen LogP contribution in [0.15, 0.2) is 22.8 Å². The van der Waals surface area contributed by atoms with E-state index in [1.165, 1.54) is 0 Å². The summed E-state index contributed by atoms with van der Waals surface area (Å²) in [5, 5.41) is 0. The van der Waals surface area contributed by atoms with E-state index < -0.39 is 10.2 Å². The molecule has 21 heavy (non-hydrogen) atoms. The second-order valence-electron chi connectivity index (χ2n) is 5.93. The Morgan fingerprint density at radius 3 is 2.62 bits per heavy atom. The zero-order chi connectivity index (χ0) is 15.5. The van der Waals surface area contributed by atoms with E-state index in [2.05, 4.69) is 11.6 Å². The van der Waals surface area contributed by atoms with E-state index in [0.717, 1.165) is 18.6 Å². The topological polar surface area (TPSA) is 65.8 Å². The minimum atomic E-state index is -3.41. The molecule has 120 valence electrons. The number of likely N-dealkylation sites (N-methyl/N-ethyl adjacent to an activating group) is 1. The van der Waals surface area contributed by atoms with E-state index >= 15 is 0 Å². The van der Waals surface area contributed by atoms with E-state index in [-0.39, 0.29) is 6.04 Å². The van der Waals surface area contributed by atoms with Gasteiger partial charge in [0, 0.05) is 19.6 Å². The van der Waals surface area contributed by atoms with Crippen molar-refractivity contribution in [2.75, 3.05) is 33.7 Å². The highest BCUT2D eigenvalue weighted by molar-refractivity contribution is 7.87. The van der Waals surface area contributed by atoms with Crippen LogP contribution in [0.2, 0.25) is 0 Å². The van der Waals surface area contributed by atoms with Crippen LogP contribution in [0.5, 0.6) is 0 Å². The van der Waals surface area contributed by atoms with Gasteiger partial charge in [-0.05, 0) is 45.0 Å². The fourth-order valence-corrected chi connectivity index (χ4v) is 3.76. The quantitative estimate of drug-likeness (QED) is 0.863. The van der Waals surface area contributed by atoms with Crippen molar-refractivity contribution in [3.05, 3.63) is 24.2 Å². The minimum absolute atomic E-state index is 0.113. The molecule has 0 amide bonds. The molecule has 2 heterocycles. The van der Waals surface area contributed by atoms with E-state index in [4.69, 9.17) is 4.42 Å². The van der Waals surface area contributed by atoms with E-state index in [0.29, 0.717) is 25.6 Å². The highest BCUT2D eigenvalue weighted by Gasteiger charge is 2.28. The number of hydrogen-bond donors (Lipinski definition) is 1. The number of furan rings is 1. The van der Waals surface area contributed by atoms with Crippen LogP contribution in [0.3, 0.4) is 0 Å². The molecule has 0 aromatic carbocycles. The van der Waals surface area contributed by atoms with Crippen LogP contribution in [0, 0.1) is 5.92 Å². The Bertz CT molecular complexity index is 520. The van der Waals surface area contributed by atoms with Crippen molar-refractivity contribution in [2.24, 2.45) is 5.92 Å². The van der Waals surface area contributed by atoms with Crippen molar-refractivity contribution in [1.82, 2.24) is 13.9 Å². The van der Waals surface area contributed by atoms with Crippen LogP contribution in [0.1, 0.15) is 31.6 Å². The summed E-state index contributed by atoms with van der Waals surface area (Å²) in [6, 6.07) is 3.56. The van der Waals surface area contributed by atoms with E-state index in [1.807, 2.05) is 31.1 Å². The second kappa shape index (κ2) is 6.91. The van der Waals surface area contributed by atoms with Gasteiger partial charge in [0.05, 0.1) is 12.3 Å². The first-order chi connectivity index (χ1) is 9.90. The molecule has 0 unspecified atom stereocenters. The van der Waals surface area contributed by atoms with Crippen LogP contribution in [0.4, 0.5) is 0 Å². The molecule has 6 nitrogen and oxygen atoms in total. The summed E-state index contributed by atoms with van der Waals surface area (Å²) >= 11 is 0. The first-order valence-electron chi connectivity index (χ1n) is 7.34. The third kappa shape index (κ3) is 4.29. The van der Waals surface area contributed by atoms with Gasteiger partial charge in [0.25, 0.3) is 10.2 Å². The first kappa shape index (κ1) is 16.5. The van der Waals surface area contributed by atoms with Gasteiger partial charge in [-0.1, -0.05) is 6.92 Å². The Balaban J connectivity index is 1.96. The lowest BCUT2D eigenvalue weighted by molar-refractivity contribution is 0.253. The summed E-state index contributed by atoms with van der Waals surface area (Å²) < 4.78 is 34.4. The van der Waals surface area contributed by atoms with Crippen molar-refractivity contribution >= 4 is 10.2 Å². The summed E-state index contributed by atoms with van der Waals surface area (Å²) in [7, 11) is 0.402. The van der Waals surface area contributed by atoms with Gasteiger partial charge < -0.3 is 4.42 Å². The predicted molar refractivity (Wildman–Crippen MR) is 82.0 cm³/mol. The van der Waals surface area contributed by atoms with Gasteiger partial charge in [0.15, 0.2) is 0 Å². The van der Waals surface area contributed by atoms with Crippen molar-refractivity contribution in [1.29, 1.82) is 0 Å². The Hall–Kier alpha value is -0.890. The van der Waals surface area contributed by atoms with Crippen molar-refractivity contribution < 1.29 is 12.8 Å². The standard InChI is InChI=1S/C14H25N3O3S/c1-12-6-8-17(9-7-12)21(18,19)15-11-13(16(2)3)14-5-4-10-20-14/h4-5,10,12-13,15H,6-9,11H2,1-3H3/t13-/m1/s1. The Labute approximate surface area is 127 Å². The molecule has 1 aliphatic heterocycles. The highest BCUT2D eigenvalue weighted by atomic mass is 32.2. The molecule has 1 aromatic rings. The van der Waals surface area contributed by atoms with Crippen LogP contribution < -0.4 is 4.72 Å². The molecular weight excluding hydrogens is 290 g/mol. The van der Waals surface area contributed by atoms with Gasteiger partial charge in [-0.3, -0.25) is 4.90 Å². The average molecular weight is 315 g/mol. The summed E-state index contributed by atoms with van der Waals surface area (Å²) in [4.78, 5) is 1.94. The lowest BCUT2D eigenvalue weighted by Gasteiger charge is -2.30. The maximum atomic E-state index is 12.4. The van der Waals surface area contributed by atoms with Gasteiger partial charge in [-0.25, -0.2) is 4.72 Å². The van der Waals surface area contributed by atoms with Crippen LogP contribution in [-0.4, -0.2) is 51.4 Å². The maximum Gasteiger partial charge on any atom is 0.279 e. The molecule has 0 aliphatic carbocycles. The predicted octanol–water partition coefficient (Wildman–Crippen LogP) is 1.45. The molecule has 7 heteroatoms. The number of nitrogens with zero attached hydrogens (tertiary/aromatic N) is 2. The van der Waals surface area contributed by atoms with E-state index in [9.17, 15) is 8.42 Å². The fraction of sp³-hybridized carbons (Fsp3) is 0.714.